The van der Waals surface area contributed by atoms with Crippen LogP contribution in [0.5, 0.6) is 11.5 Å². The van der Waals surface area contributed by atoms with E-state index in [2.05, 4.69) is 30.6 Å². The summed E-state index contributed by atoms with van der Waals surface area (Å²) in [5.41, 5.74) is 5.89. The molecule has 4 rings (SSSR count). The number of halogens is 1. The van der Waals surface area contributed by atoms with E-state index >= 15 is 0 Å². The lowest BCUT2D eigenvalue weighted by Gasteiger charge is -2.30. The highest BCUT2D eigenvalue weighted by Gasteiger charge is 2.25. The Balaban J connectivity index is 1.39. The van der Waals surface area contributed by atoms with Gasteiger partial charge in [-0.15, -0.1) is 0 Å². The molecular formula is C25H30FN7O3. The zero-order chi connectivity index (χ0) is 25.7. The molecular weight excluding hydrogens is 465 g/mol. The predicted molar refractivity (Wildman–Crippen MR) is 133 cm³/mol. The van der Waals surface area contributed by atoms with Crippen LogP contribution in [0.2, 0.25) is 0 Å². The quantitative estimate of drug-likeness (QED) is 0.416. The van der Waals surface area contributed by atoms with E-state index in [4.69, 9.17) is 15.2 Å². The number of ether oxygens (including phenoxy) is 2. The maximum Gasteiger partial charge on any atom is 0.407 e. The molecule has 2 heterocycles. The Morgan fingerprint density at radius 3 is 2.56 bits per heavy atom. The number of alkyl carbamates (subject to hydrolysis) is 1. The largest absolute Gasteiger partial charge is 0.453 e. The maximum absolute atomic E-state index is 14.3. The van der Waals surface area contributed by atoms with Gasteiger partial charge in [-0.1, -0.05) is 0 Å². The molecule has 0 bridgehead atoms. The number of carbonyl (C=O) groups is 1. The average Bonchev–Trinajstić information content (AvgIpc) is 2.81. The van der Waals surface area contributed by atoms with Crippen molar-refractivity contribution in [3.8, 4) is 22.9 Å². The van der Waals surface area contributed by atoms with Gasteiger partial charge in [0.05, 0.1) is 5.56 Å². The molecule has 11 heteroatoms. The Hall–Kier alpha value is -4.02. The molecule has 36 heavy (non-hydrogen) atoms. The number of hydrogen-bond donors (Lipinski definition) is 3. The van der Waals surface area contributed by atoms with E-state index in [0.717, 1.165) is 25.7 Å². The predicted octanol–water partition coefficient (Wildman–Crippen LogP) is 4.70. The number of anilines is 2. The highest BCUT2D eigenvalue weighted by atomic mass is 19.1. The summed E-state index contributed by atoms with van der Waals surface area (Å²) < 4.78 is 25.4. The summed E-state index contributed by atoms with van der Waals surface area (Å²) in [6.45, 7) is 5.52. The van der Waals surface area contributed by atoms with Crippen LogP contribution < -0.4 is 21.1 Å². The lowest BCUT2D eigenvalue weighted by atomic mass is 9.91. The number of nitrogens with one attached hydrogen (secondary N) is 2. The molecule has 190 valence electrons. The van der Waals surface area contributed by atoms with Crippen LogP contribution in [0.25, 0.3) is 11.4 Å². The van der Waals surface area contributed by atoms with Gasteiger partial charge in [-0.3, -0.25) is 4.98 Å². The summed E-state index contributed by atoms with van der Waals surface area (Å²) >= 11 is 0. The normalized spacial score (nSPS) is 17.8. The molecule has 0 aliphatic heterocycles. The second kappa shape index (κ2) is 10.7. The average molecular weight is 496 g/mol. The molecule has 1 aliphatic rings. The van der Waals surface area contributed by atoms with Crippen molar-refractivity contribution in [2.45, 2.75) is 64.1 Å². The summed E-state index contributed by atoms with van der Waals surface area (Å²) in [6, 6.07) is 6.03. The first-order chi connectivity index (χ1) is 17.2. The Morgan fingerprint density at radius 2 is 1.83 bits per heavy atom. The second-order valence-corrected chi connectivity index (χ2v) is 9.64. The van der Waals surface area contributed by atoms with E-state index in [9.17, 15) is 9.18 Å². The number of pyridine rings is 1. The minimum atomic E-state index is -0.576. The number of nitrogens with two attached hydrogens (primary N) is 1. The molecule has 4 N–H and O–H groups in total. The topological polar surface area (TPSA) is 137 Å². The number of carbonyl (C=O) groups excluding carboxylic acids is 1. The van der Waals surface area contributed by atoms with Crippen molar-refractivity contribution < 1.29 is 18.7 Å². The third-order valence-corrected chi connectivity index (χ3v) is 5.55. The van der Waals surface area contributed by atoms with Crippen LogP contribution in [-0.2, 0) is 4.74 Å². The molecule has 0 spiro atoms. The van der Waals surface area contributed by atoms with Gasteiger partial charge < -0.3 is 25.8 Å². The van der Waals surface area contributed by atoms with Gasteiger partial charge in [-0.05, 0) is 64.7 Å². The molecule has 1 aliphatic carbocycles. The monoisotopic (exact) mass is 495 g/mol. The van der Waals surface area contributed by atoms with Gasteiger partial charge >= 0.3 is 6.09 Å². The smallest absolute Gasteiger partial charge is 0.407 e. The molecule has 0 unspecified atom stereocenters. The second-order valence-electron chi connectivity index (χ2n) is 9.64. The summed E-state index contributed by atoms with van der Waals surface area (Å²) in [6.07, 6.45) is 7.38. The minimum absolute atomic E-state index is 0.0285. The van der Waals surface area contributed by atoms with Gasteiger partial charge in [0, 0.05) is 36.2 Å². The Morgan fingerprint density at radius 1 is 1.08 bits per heavy atom. The Kier molecular flexibility index (Phi) is 7.47. The van der Waals surface area contributed by atoms with E-state index < -0.39 is 17.5 Å². The van der Waals surface area contributed by atoms with Gasteiger partial charge in [-0.25, -0.2) is 19.2 Å². The van der Waals surface area contributed by atoms with Crippen LogP contribution in [0.1, 0.15) is 46.5 Å². The molecule has 1 amide bonds. The fraction of sp³-hybridized carbons (Fsp3) is 0.400. The Bertz CT molecular complexity index is 1210. The Labute approximate surface area is 208 Å². The number of nitrogen functional groups attached to an aromatic ring is 1. The summed E-state index contributed by atoms with van der Waals surface area (Å²) in [4.78, 5) is 29.2. The van der Waals surface area contributed by atoms with Crippen LogP contribution in [0.3, 0.4) is 0 Å². The van der Waals surface area contributed by atoms with Crippen molar-refractivity contribution in [3.63, 3.8) is 0 Å². The van der Waals surface area contributed by atoms with Crippen LogP contribution in [0.4, 0.5) is 20.8 Å². The first kappa shape index (κ1) is 25.1. The SMILES string of the molecule is CC(C)(C)OC(=O)NC1CCC(Nc2ncnc(-c3cnccc3Oc3ccc(N)cc3F)n2)CC1. The van der Waals surface area contributed by atoms with E-state index in [-0.39, 0.29) is 17.8 Å². The molecule has 1 aromatic carbocycles. The van der Waals surface area contributed by atoms with E-state index in [1.54, 1.807) is 18.3 Å². The molecule has 0 radical (unpaired) electrons. The lowest BCUT2D eigenvalue weighted by Crippen LogP contribution is -2.42. The third kappa shape index (κ3) is 6.77. The van der Waals surface area contributed by atoms with E-state index in [1.807, 2.05) is 20.8 Å². The number of benzene rings is 1. The van der Waals surface area contributed by atoms with Gasteiger partial charge in [0.25, 0.3) is 0 Å². The summed E-state index contributed by atoms with van der Waals surface area (Å²) in [5.74, 6) is 0.552. The van der Waals surface area contributed by atoms with Gasteiger partial charge in [-0.2, -0.15) is 4.98 Å². The van der Waals surface area contributed by atoms with Crippen molar-refractivity contribution in [3.05, 3.63) is 48.8 Å². The van der Waals surface area contributed by atoms with Crippen LogP contribution >= 0.6 is 0 Å². The van der Waals surface area contributed by atoms with Gasteiger partial charge in [0.2, 0.25) is 5.95 Å². The first-order valence-corrected chi connectivity index (χ1v) is 11.8. The number of hydrogen-bond acceptors (Lipinski definition) is 9. The molecule has 0 atom stereocenters. The van der Waals surface area contributed by atoms with Crippen molar-refractivity contribution in [1.29, 1.82) is 0 Å². The van der Waals surface area contributed by atoms with Crippen LogP contribution in [-0.4, -0.2) is 43.7 Å². The number of aromatic nitrogens is 4. The van der Waals surface area contributed by atoms with Crippen molar-refractivity contribution >= 4 is 17.7 Å². The molecule has 3 aromatic rings. The van der Waals surface area contributed by atoms with E-state index in [0.29, 0.717) is 28.8 Å². The van der Waals surface area contributed by atoms with Gasteiger partial charge in [0.1, 0.15) is 17.7 Å². The van der Waals surface area contributed by atoms with Gasteiger partial charge in [0.15, 0.2) is 17.4 Å². The fourth-order valence-corrected chi connectivity index (χ4v) is 3.89. The minimum Gasteiger partial charge on any atom is -0.453 e. The van der Waals surface area contributed by atoms with Crippen molar-refractivity contribution in [2.75, 3.05) is 11.1 Å². The standard InChI is InChI=1S/C25H30FN7O3/c1-25(2,3)36-24(34)32-17-7-5-16(6-8-17)31-23-30-14-29-22(33-23)18-13-28-11-10-20(18)35-21-9-4-15(27)12-19(21)26/h4,9-14,16-17H,5-8,27H2,1-3H3,(H,32,34)(H,29,30,31,33). The summed E-state index contributed by atoms with van der Waals surface area (Å²) in [7, 11) is 0. The molecule has 1 fully saturated rings. The maximum atomic E-state index is 14.3. The van der Waals surface area contributed by atoms with Crippen LogP contribution in [0.15, 0.2) is 43.0 Å². The zero-order valence-corrected chi connectivity index (χ0v) is 20.5. The lowest BCUT2D eigenvalue weighted by molar-refractivity contribution is 0.0492. The first-order valence-electron chi connectivity index (χ1n) is 11.8. The van der Waals surface area contributed by atoms with Crippen molar-refractivity contribution in [2.24, 2.45) is 0 Å². The molecule has 0 saturated heterocycles. The number of amides is 1. The molecule has 1 saturated carbocycles. The zero-order valence-electron chi connectivity index (χ0n) is 20.5. The fourth-order valence-electron chi connectivity index (χ4n) is 3.89. The van der Waals surface area contributed by atoms with E-state index in [1.165, 1.54) is 24.7 Å². The third-order valence-electron chi connectivity index (χ3n) is 5.55. The highest BCUT2D eigenvalue weighted by molar-refractivity contribution is 5.68. The van der Waals surface area contributed by atoms with Crippen LogP contribution in [0, 0.1) is 5.82 Å². The summed E-state index contributed by atoms with van der Waals surface area (Å²) in [5, 5.41) is 6.29. The number of nitrogens with zero attached hydrogens (tertiary/aromatic N) is 4. The van der Waals surface area contributed by atoms with Crippen molar-refractivity contribution in [1.82, 2.24) is 25.3 Å². The molecule has 2 aromatic heterocycles. The molecule has 10 nitrogen and oxygen atoms in total. The highest BCUT2D eigenvalue weighted by Crippen LogP contribution is 2.32. The number of rotatable bonds is 6.